The predicted octanol–water partition coefficient (Wildman–Crippen LogP) is 8.58. The van der Waals surface area contributed by atoms with Crippen LogP contribution in [0.5, 0.6) is 0 Å². The fourth-order valence-electron chi connectivity index (χ4n) is 5.70. The maximum absolute atomic E-state index is 13.0. The summed E-state index contributed by atoms with van der Waals surface area (Å²) >= 11 is 0. The molecule has 0 aromatic heterocycles. The average Bonchev–Trinajstić information content (AvgIpc) is 2.92. The Morgan fingerprint density at radius 2 is 1.82 bits per heavy atom. The number of carbonyl (C=O) groups is 1. The van der Waals surface area contributed by atoms with Crippen LogP contribution in [-0.4, -0.2) is 64.6 Å². The van der Waals surface area contributed by atoms with Crippen molar-refractivity contribution in [1.29, 1.82) is 0 Å². The monoisotopic (exact) mass is 626 g/mol. The van der Waals surface area contributed by atoms with E-state index in [4.69, 9.17) is 23.4 Å². The number of carbonyl (C=O) groups excluding carboxylic acids is 1. The summed E-state index contributed by atoms with van der Waals surface area (Å²) in [5.74, 6) is 0.0627. The molecule has 3 aliphatic rings. The number of hydrogen-bond acceptors (Lipinski definition) is 6. The Kier molecular flexibility index (Phi) is 14.1. The predicted molar refractivity (Wildman–Crippen MR) is 182 cm³/mol. The number of methoxy groups -OCH3 is 1. The Balaban J connectivity index is 1.87. The molecule has 3 heterocycles. The van der Waals surface area contributed by atoms with Gasteiger partial charge in [0.25, 0.3) is 0 Å². The second-order valence-corrected chi connectivity index (χ2v) is 19.1. The summed E-state index contributed by atoms with van der Waals surface area (Å²) < 4.78 is 31.1. The van der Waals surface area contributed by atoms with E-state index in [1.54, 1.807) is 7.11 Å². The zero-order chi connectivity index (χ0) is 32.3. The molecule has 3 aliphatic heterocycles. The first-order chi connectivity index (χ1) is 20.8. The lowest BCUT2D eigenvalue weighted by molar-refractivity contribution is -0.148. The molecule has 0 fully saturated rings. The second-order valence-electron chi connectivity index (χ2n) is 14.4. The smallest absolute Gasteiger partial charge is 0.330 e. The SMILES string of the molecule is C=C1C[C@H](C)C[C@@H]2CC=C[C@@H](C/C=C\C(=O)O[C@H]([C@H](/C=C/[C@@H]3CC(C)=CCO3)OC)C/C=C/[C@H](O[Si](C)(C)C(C)(C)C)C1)O2. The molecule has 7 heteroatoms. The van der Waals surface area contributed by atoms with E-state index < -0.39 is 20.5 Å². The maximum atomic E-state index is 13.0. The molecule has 0 aliphatic carbocycles. The summed E-state index contributed by atoms with van der Waals surface area (Å²) in [6.07, 6.45) is 22.6. The van der Waals surface area contributed by atoms with Crippen LogP contribution < -0.4 is 0 Å². The summed E-state index contributed by atoms with van der Waals surface area (Å²) in [4.78, 5) is 13.0. The average molecular weight is 627 g/mol. The van der Waals surface area contributed by atoms with Crippen molar-refractivity contribution in [3.05, 3.63) is 72.4 Å². The Bertz CT molecular complexity index is 1090. The number of rotatable bonds is 6. The topological polar surface area (TPSA) is 63.2 Å². The van der Waals surface area contributed by atoms with Crippen molar-refractivity contribution in [2.75, 3.05) is 13.7 Å². The van der Waals surface area contributed by atoms with Gasteiger partial charge in [-0.05, 0) is 69.5 Å². The summed E-state index contributed by atoms with van der Waals surface area (Å²) in [6, 6.07) is 0. The van der Waals surface area contributed by atoms with E-state index in [0.29, 0.717) is 25.4 Å². The first-order valence-electron chi connectivity index (χ1n) is 16.4. The van der Waals surface area contributed by atoms with Crippen molar-refractivity contribution in [2.45, 2.75) is 134 Å². The fourth-order valence-corrected chi connectivity index (χ4v) is 6.97. The lowest BCUT2D eigenvalue weighted by Crippen LogP contribution is -2.43. The van der Waals surface area contributed by atoms with Crippen LogP contribution >= 0.6 is 0 Å². The third-order valence-electron chi connectivity index (χ3n) is 9.19. The summed E-state index contributed by atoms with van der Waals surface area (Å²) in [7, 11) is -0.403. The molecule has 0 amide bonds. The van der Waals surface area contributed by atoms with Gasteiger partial charge in [-0.2, -0.15) is 0 Å². The zero-order valence-corrected chi connectivity index (χ0v) is 29.6. The van der Waals surface area contributed by atoms with Gasteiger partial charge in [0.2, 0.25) is 0 Å². The number of esters is 1. The molecule has 0 saturated heterocycles. The highest BCUT2D eigenvalue weighted by Gasteiger charge is 2.39. The van der Waals surface area contributed by atoms with Gasteiger partial charge in [0.1, 0.15) is 12.2 Å². The van der Waals surface area contributed by atoms with E-state index in [9.17, 15) is 4.79 Å². The van der Waals surface area contributed by atoms with Gasteiger partial charge in [-0.25, -0.2) is 4.79 Å². The van der Waals surface area contributed by atoms with E-state index in [-0.39, 0.29) is 35.4 Å². The van der Waals surface area contributed by atoms with Crippen LogP contribution in [0.2, 0.25) is 18.1 Å². The van der Waals surface area contributed by atoms with Gasteiger partial charge in [-0.3, -0.25) is 0 Å². The molecule has 44 heavy (non-hydrogen) atoms. The Morgan fingerprint density at radius 3 is 2.52 bits per heavy atom. The Labute approximate surface area is 268 Å². The van der Waals surface area contributed by atoms with Crippen molar-refractivity contribution in [3.63, 3.8) is 0 Å². The van der Waals surface area contributed by atoms with Gasteiger partial charge in [-0.15, -0.1) is 0 Å². The number of cyclic esters (lactones) is 1. The normalized spacial score (nSPS) is 32.3. The first kappa shape index (κ1) is 36.4. The van der Waals surface area contributed by atoms with E-state index in [1.807, 2.05) is 18.2 Å². The van der Waals surface area contributed by atoms with Gasteiger partial charge in [-0.1, -0.05) is 94.0 Å². The molecular weight excluding hydrogens is 568 g/mol. The highest BCUT2D eigenvalue weighted by Crippen LogP contribution is 2.38. The largest absolute Gasteiger partial charge is 0.456 e. The zero-order valence-electron chi connectivity index (χ0n) is 28.6. The van der Waals surface area contributed by atoms with Gasteiger partial charge in [0.05, 0.1) is 31.0 Å². The van der Waals surface area contributed by atoms with Crippen LogP contribution in [-0.2, 0) is 28.2 Å². The van der Waals surface area contributed by atoms with E-state index in [2.05, 4.69) is 84.7 Å². The van der Waals surface area contributed by atoms with Crippen LogP contribution in [0, 0.1) is 5.92 Å². The Hall–Kier alpha value is -2.03. The van der Waals surface area contributed by atoms with Crippen LogP contribution in [0.1, 0.15) is 79.6 Å². The minimum absolute atomic E-state index is 0.0221. The molecule has 6 nitrogen and oxygen atoms in total. The van der Waals surface area contributed by atoms with Gasteiger partial charge in [0.15, 0.2) is 8.32 Å². The van der Waals surface area contributed by atoms with E-state index >= 15 is 0 Å². The molecule has 0 saturated carbocycles. The molecule has 0 spiro atoms. The minimum Gasteiger partial charge on any atom is -0.456 e. The lowest BCUT2D eigenvalue weighted by atomic mass is 9.91. The van der Waals surface area contributed by atoms with Crippen LogP contribution in [0.3, 0.4) is 0 Å². The van der Waals surface area contributed by atoms with Crippen LogP contribution in [0.15, 0.2) is 72.4 Å². The minimum atomic E-state index is -2.05. The third-order valence-corrected chi connectivity index (χ3v) is 13.7. The summed E-state index contributed by atoms with van der Waals surface area (Å²) in [5, 5.41) is 0.0783. The molecule has 0 N–H and O–H groups in total. The van der Waals surface area contributed by atoms with Crippen molar-refractivity contribution in [1.82, 2.24) is 0 Å². The number of hydrogen-bond donors (Lipinski definition) is 0. The van der Waals surface area contributed by atoms with Crippen LogP contribution in [0.25, 0.3) is 0 Å². The summed E-state index contributed by atoms with van der Waals surface area (Å²) in [5.41, 5.74) is 2.50. The Morgan fingerprint density at radius 1 is 1.07 bits per heavy atom. The van der Waals surface area contributed by atoms with Crippen molar-refractivity contribution < 1.29 is 28.2 Å². The van der Waals surface area contributed by atoms with Gasteiger partial charge >= 0.3 is 5.97 Å². The standard InChI is InChI=1S/C37H58O6Si/c1-27-21-22-40-31(24-27)19-20-34(39-7)35-17-11-16-33(43-44(8,9)37(4,5)6)26-29(3)23-28(2)25-32-15-10-13-30(41-32)14-12-18-36(38)42-35/h10-13,16,18-21,28,30-35H,3,14-15,17,22-26H2,1-2,4-9H3/b16-11+,18-12-,20-19+/t28-,30-,31+,32-,33-,34-,35-/m0/s1. The molecule has 3 rings (SSSR count). The maximum Gasteiger partial charge on any atom is 0.330 e. The van der Waals surface area contributed by atoms with Crippen molar-refractivity contribution in [3.8, 4) is 0 Å². The van der Waals surface area contributed by atoms with Gasteiger partial charge < -0.3 is 23.4 Å². The lowest BCUT2D eigenvalue weighted by Gasteiger charge is -2.39. The van der Waals surface area contributed by atoms with Crippen molar-refractivity contribution >= 4 is 14.3 Å². The van der Waals surface area contributed by atoms with Crippen molar-refractivity contribution in [2.24, 2.45) is 5.92 Å². The first-order valence-corrected chi connectivity index (χ1v) is 19.3. The number of fused-ring (bicyclic) bond motifs is 2. The summed E-state index contributed by atoms with van der Waals surface area (Å²) in [6.45, 7) is 20.8. The molecule has 0 aromatic rings. The quantitative estimate of drug-likeness (QED) is 0.167. The highest BCUT2D eigenvalue weighted by molar-refractivity contribution is 6.74. The molecular formula is C37H58O6Si. The molecule has 2 bridgehead atoms. The third kappa shape index (κ3) is 12.0. The molecule has 0 aromatic carbocycles. The molecule has 246 valence electrons. The fraction of sp³-hybridized carbons (Fsp3) is 0.649. The molecule has 0 radical (unpaired) electrons. The van der Waals surface area contributed by atoms with Gasteiger partial charge in [0, 0.05) is 19.6 Å². The molecule has 7 atom stereocenters. The second kappa shape index (κ2) is 17.0. The van der Waals surface area contributed by atoms with Crippen LogP contribution in [0.4, 0.5) is 0 Å². The van der Waals surface area contributed by atoms with E-state index in [1.165, 1.54) is 17.2 Å². The van der Waals surface area contributed by atoms with E-state index in [0.717, 1.165) is 32.1 Å². The highest BCUT2D eigenvalue weighted by atomic mass is 28.4. The number of ether oxygens (including phenoxy) is 4. The molecule has 0 unspecified atom stereocenters.